The van der Waals surface area contributed by atoms with Crippen LogP contribution in [0.2, 0.25) is 0 Å². The lowest BCUT2D eigenvalue weighted by Gasteiger charge is -2.35. The highest BCUT2D eigenvalue weighted by Crippen LogP contribution is 2.21. The van der Waals surface area contributed by atoms with E-state index in [-0.39, 0.29) is 23.9 Å². The van der Waals surface area contributed by atoms with Crippen molar-refractivity contribution in [1.82, 2.24) is 29.3 Å². The average molecular weight is 372 g/mol. The molecule has 8 nitrogen and oxygen atoms in total. The number of hydrogen-bond donors (Lipinski definition) is 1. The van der Waals surface area contributed by atoms with Crippen LogP contribution in [0.15, 0.2) is 35.0 Å². The second kappa shape index (κ2) is 7.00. The molecule has 1 saturated heterocycles. The molecule has 3 aromatic heterocycles. The van der Waals surface area contributed by atoms with E-state index < -0.39 is 0 Å². The summed E-state index contributed by atoms with van der Waals surface area (Å²) >= 11 is 1.44. The van der Waals surface area contributed by atoms with Crippen molar-refractivity contribution in [2.24, 2.45) is 7.05 Å². The number of fused-ring (bicyclic) bond motifs is 1. The van der Waals surface area contributed by atoms with E-state index in [2.05, 4.69) is 15.3 Å². The second-order valence-electron chi connectivity index (χ2n) is 6.34. The average Bonchev–Trinajstić information content (AvgIpc) is 3.30. The van der Waals surface area contributed by atoms with Gasteiger partial charge in [-0.05, 0) is 11.4 Å². The topological polar surface area (TPSA) is 85.1 Å². The summed E-state index contributed by atoms with van der Waals surface area (Å²) in [5.41, 5.74) is -0.0926. The van der Waals surface area contributed by atoms with Gasteiger partial charge in [0.2, 0.25) is 5.91 Å². The molecule has 0 radical (unpaired) electrons. The van der Waals surface area contributed by atoms with Crippen LogP contribution in [-0.2, 0) is 18.4 Å². The number of nitrogens with zero attached hydrogens (tertiary/aromatic N) is 5. The van der Waals surface area contributed by atoms with Crippen molar-refractivity contribution < 1.29 is 4.79 Å². The molecule has 1 N–H and O–H groups in total. The summed E-state index contributed by atoms with van der Waals surface area (Å²) in [6.45, 7) is 2.40. The van der Waals surface area contributed by atoms with Gasteiger partial charge in [-0.3, -0.25) is 14.2 Å². The number of carbonyl (C=O) groups is 1. The number of imidazole rings is 1. The Kier molecular flexibility index (Phi) is 4.56. The molecule has 0 saturated carbocycles. The van der Waals surface area contributed by atoms with Gasteiger partial charge in [-0.25, -0.2) is 9.97 Å². The molecular formula is C17H20N6O2S. The second-order valence-corrected chi connectivity index (χ2v) is 7.23. The SMILES string of the molecule is Cn1ccnc1C1CNCCN1C(=O)CCn1cnc2sccc2c1=O. The van der Waals surface area contributed by atoms with E-state index in [0.717, 1.165) is 17.2 Å². The summed E-state index contributed by atoms with van der Waals surface area (Å²) in [4.78, 5) is 36.6. The molecule has 26 heavy (non-hydrogen) atoms. The highest BCUT2D eigenvalue weighted by atomic mass is 32.1. The van der Waals surface area contributed by atoms with Gasteiger partial charge in [0.15, 0.2) is 0 Å². The van der Waals surface area contributed by atoms with Crippen molar-refractivity contribution in [2.45, 2.75) is 19.0 Å². The number of amides is 1. The maximum Gasteiger partial charge on any atom is 0.262 e. The summed E-state index contributed by atoms with van der Waals surface area (Å²) in [5, 5.41) is 5.79. The van der Waals surface area contributed by atoms with E-state index in [1.165, 1.54) is 22.2 Å². The minimum absolute atomic E-state index is 0.0248. The molecular weight excluding hydrogens is 352 g/mol. The first-order valence-corrected chi connectivity index (χ1v) is 9.43. The fourth-order valence-electron chi connectivity index (χ4n) is 3.34. The number of nitrogens with one attached hydrogen (secondary N) is 1. The van der Waals surface area contributed by atoms with E-state index in [1.807, 2.05) is 28.1 Å². The van der Waals surface area contributed by atoms with Crippen LogP contribution in [0.4, 0.5) is 0 Å². The Morgan fingerprint density at radius 2 is 2.31 bits per heavy atom. The molecule has 1 unspecified atom stereocenters. The normalized spacial score (nSPS) is 17.7. The maximum absolute atomic E-state index is 12.8. The first-order chi connectivity index (χ1) is 12.6. The molecule has 4 rings (SSSR count). The van der Waals surface area contributed by atoms with Gasteiger partial charge in [0.05, 0.1) is 11.7 Å². The van der Waals surface area contributed by atoms with Gasteiger partial charge in [-0.1, -0.05) is 0 Å². The zero-order valence-corrected chi connectivity index (χ0v) is 15.3. The number of aromatic nitrogens is 4. The summed E-state index contributed by atoms with van der Waals surface area (Å²) in [6, 6.07) is 1.69. The van der Waals surface area contributed by atoms with Gasteiger partial charge >= 0.3 is 0 Å². The molecule has 1 aliphatic heterocycles. The predicted molar refractivity (Wildman–Crippen MR) is 99.0 cm³/mol. The van der Waals surface area contributed by atoms with E-state index in [0.29, 0.717) is 25.0 Å². The number of carbonyl (C=O) groups excluding carboxylic acids is 1. The van der Waals surface area contributed by atoms with E-state index >= 15 is 0 Å². The van der Waals surface area contributed by atoms with Crippen molar-refractivity contribution in [1.29, 1.82) is 0 Å². The van der Waals surface area contributed by atoms with Crippen LogP contribution in [-0.4, -0.2) is 49.5 Å². The fraction of sp³-hybridized carbons (Fsp3) is 0.412. The summed E-state index contributed by atoms with van der Waals surface area (Å²) in [6.07, 6.45) is 5.42. The number of piperazine rings is 1. The standard InChI is InChI=1S/C17H20N6O2S/c1-21-7-5-19-15(21)13-10-18-4-8-23(13)14(24)2-6-22-11-20-16-12(17(22)25)3-9-26-16/h3,5,7,9,11,13,18H,2,4,6,8,10H2,1H3. The van der Waals surface area contributed by atoms with Crippen LogP contribution in [0, 0.1) is 0 Å². The third-order valence-corrected chi connectivity index (χ3v) is 5.56. The fourth-order valence-corrected chi connectivity index (χ4v) is 4.07. The minimum atomic E-state index is -0.0926. The van der Waals surface area contributed by atoms with Crippen molar-refractivity contribution in [3.63, 3.8) is 0 Å². The molecule has 9 heteroatoms. The highest BCUT2D eigenvalue weighted by molar-refractivity contribution is 7.16. The zero-order valence-electron chi connectivity index (χ0n) is 14.5. The molecule has 0 spiro atoms. The monoisotopic (exact) mass is 372 g/mol. The molecule has 4 heterocycles. The third kappa shape index (κ3) is 3.04. The highest BCUT2D eigenvalue weighted by Gasteiger charge is 2.30. The summed E-state index contributed by atoms with van der Waals surface area (Å²) in [5.74, 6) is 0.890. The molecule has 0 aliphatic carbocycles. The smallest absolute Gasteiger partial charge is 0.262 e. The molecule has 136 valence electrons. The first-order valence-electron chi connectivity index (χ1n) is 8.55. The van der Waals surface area contributed by atoms with Crippen LogP contribution < -0.4 is 10.9 Å². The minimum Gasteiger partial charge on any atom is -0.336 e. The lowest BCUT2D eigenvalue weighted by Crippen LogP contribution is -2.49. The number of hydrogen-bond acceptors (Lipinski definition) is 6. The first kappa shape index (κ1) is 16.9. The van der Waals surface area contributed by atoms with Gasteiger partial charge < -0.3 is 14.8 Å². The Morgan fingerprint density at radius 1 is 1.42 bits per heavy atom. The van der Waals surface area contributed by atoms with Crippen LogP contribution in [0.5, 0.6) is 0 Å². The lowest BCUT2D eigenvalue weighted by atomic mass is 10.1. The van der Waals surface area contributed by atoms with Crippen LogP contribution in [0.1, 0.15) is 18.3 Å². The Balaban J connectivity index is 1.50. The number of aryl methyl sites for hydroxylation is 2. The van der Waals surface area contributed by atoms with Crippen molar-refractivity contribution in [3.8, 4) is 0 Å². The van der Waals surface area contributed by atoms with E-state index in [9.17, 15) is 9.59 Å². The van der Waals surface area contributed by atoms with E-state index in [4.69, 9.17) is 0 Å². The van der Waals surface area contributed by atoms with Crippen LogP contribution in [0.3, 0.4) is 0 Å². The lowest BCUT2D eigenvalue weighted by molar-refractivity contribution is -0.135. The van der Waals surface area contributed by atoms with Crippen LogP contribution in [0.25, 0.3) is 10.2 Å². The quantitative estimate of drug-likeness (QED) is 0.731. The molecule has 0 bridgehead atoms. The summed E-state index contributed by atoms with van der Waals surface area (Å²) in [7, 11) is 1.93. The van der Waals surface area contributed by atoms with Crippen molar-refractivity contribution in [3.05, 3.63) is 46.3 Å². The Labute approximate surface area is 154 Å². The largest absolute Gasteiger partial charge is 0.336 e. The molecule has 0 aromatic carbocycles. The number of thiophene rings is 1. The van der Waals surface area contributed by atoms with E-state index in [1.54, 1.807) is 12.3 Å². The Bertz CT molecular complexity index is 990. The van der Waals surface area contributed by atoms with Gasteiger partial charge in [0.1, 0.15) is 16.7 Å². The zero-order chi connectivity index (χ0) is 18.1. The third-order valence-electron chi connectivity index (χ3n) is 4.74. The van der Waals surface area contributed by atoms with Gasteiger partial charge in [-0.2, -0.15) is 0 Å². The van der Waals surface area contributed by atoms with Crippen molar-refractivity contribution in [2.75, 3.05) is 19.6 Å². The number of rotatable bonds is 4. The predicted octanol–water partition coefficient (Wildman–Crippen LogP) is 0.755. The molecule has 1 atom stereocenters. The molecule has 3 aromatic rings. The van der Waals surface area contributed by atoms with Gasteiger partial charge in [0, 0.05) is 52.0 Å². The van der Waals surface area contributed by atoms with Gasteiger partial charge in [-0.15, -0.1) is 11.3 Å². The Morgan fingerprint density at radius 3 is 3.12 bits per heavy atom. The van der Waals surface area contributed by atoms with Crippen LogP contribution >= 0.6 is 11.3 Å². The van der Waals surface area contributed by atoms with Crippen molar-refractivity contribution >= 4 is 27.5 Å². The molecule has 1 aliphatic rings. The molecule has 1 fully saturated rings. The Hall–Kier alpha value is -2.52. The maximum atomic E-state index is 12.8. The van der Waals surface area contributed by atoms with Gasteiger partial charge in [0.25, 0.3) is 5.56 Å². The summed E-state index contributed by atoms with van der Waals surface area (Å²) < 4.78 is 3.46. The molecule has 1 amide bonds.